The van der Waals surface area contributed by atoms with Crippen molar-refractivity contribution in [3.63, 3.8) is 0 Å². The number of nitrogens with zero attached hydrogens (tertiary/aromatic N) is 6. The van der Waals surface area contributed by atoms with Gasteiger partial charge >= 0.3 is 0 Å². The molecule has 0 unspecified atom stereocenters. The van der Waals surface area contributed by atoms with Crippen LogP contribution >= 0.6 is 11.3 Å². The number of pyridine rings is 1. The molecule has 0 saturated heterocycles. The van der Waals surface area contributed by atoms with Crippen LogP contribution in [0.15, 0.2) is 206 Å². The van der Waals surface area contributed by atoms with Crippen molar-refractivity contribution in [2.75, 3.05) is 0 Å². The lowest BCUT2D eigenvalue weighted by Crippen LogP contribution is -2.16. The third kappa shape index (κ3) is 6.07. The third-order valence-electron chi connectivity index (χ3n) is 16.3. The summed E-state index contributed by atoms with van der Waals surface area (Å²) >= 11 is 1.73. The topological polar surface area (TPSA) is 56.4 Å². The Balaban J connectivity index is 1.28. The monoisotopic (exact) mass is 1000 g/mol. The van der Waals surface area contributed by atoms with E-state index in [9.17, 15) is 5.26 Å². The van der Waals surface area contributed by atoms with Crippen LogP contribution in [0.3, 0.4) is 0 Å². The van der Waals surface area contributed by atoms with E-state index in [2.05, 4.69) is 246 Å². The number of para-hydroxylation sites is 4. The average molecular weight is 1000 g/mol. The number of aryl methyl sites for hydroxylation is 4. The SMILES string of the molecule is Cc1ccc2c3ccccc3n(-c3c(C#N)c(-n4c5ccccc5c5ccc(C)cc54)c(-n4c5ccccc5c5ccc(C)cc54)c(-c4ccc5c(c4)sc4ncccc45)c3-n3c4ccccc4c4ccc(C)cc43)c2c1. The van der Waals surface area contributed by atoms with Crippen molar-refractivity contribution in [1.29, 1.82) is 5.26 Å². The van der Waals surface area contributed by atoms with E-state index in [-0.39, 0.29) is 0 Å². The largest absolute Gasteiger partial charge is 0.306 e. The van der Waals surface area contributed by atoms with Crippen molar-refractivity contribution in [3.8, 4) is 39.9 Å². The molecule has 362 valence electrons. The van der Waals surface area contributed by atoms with Gasteiger partial charge in [-0.25, -0.2) is 4.98 Å². The summed E-state index contributed by atoms with van der Waals surface area (Å²) in [5.41, 5.74) is 18.9. The molecule has 10 aromatic carbocycles. The fourth-order valence-electron chi connectivity index (χ4n) is 13.0. The molecule has 0 spiro atoms. The van der Waals surface area contributed by atoms with Gasteiger partial charge in [-0.15, -0.1) is 11.3 Å². The van der Waals surface area contributed by atoms with Gasteiger partial charge in [-0.1, -0.05) is 133 Å². The molecule has 6 aromatic heterocycles. The Morgan fingerprint density at radius 1 is 0.351 bits per heavy atom. The predicted octanol–water partition coefficient (Wildman–Crippen LogP) is 18.6. The highest BCUT2D eigenvalue weighted by atomic mass is 32.1. The number of benzene rings is 10. The summed E-state index contributed by atoms with van der Waals surface area (Å²) in [6.07, 6.45) is 1.89. The van der Waals surface area contributed by atoms with Gasteiger partial charge in [-0.3, -0.25) is 0 Å². The van der Waals surface area contributed by atoms with E-state index in [0.717, 1.165) is 164 Å². The van der Waals surface area contributed by atoms with Crippen LogP contribution in [0.25, 0.3) is 141 Å². The van der Waals surface area contributed by atoms with Crippen LogP contribution in [0.4, 0.5) is 0 Å². The first-order valence-corrected chi connectivity index (χ1v) is 27.1. The summed E-state index contributed by atoms with van der Waals surface area (Å²) in [6, 6.07) is 76.6. The first-order chi connectivity index (χ1) is 37.8. The van der Waals surface area contributed by atoms with Gasteiger partial charge in [0.15, 0.2) is 0 Å². The molecule has 0 N–H and O–H groups in total. The molecule has 0 radical (unpaired) electrons. The number of thiophene rings is 1. The van der Waals surface area contributed by atoms with Crippen LogP contribution in [0.2, 0.25) is 0 Å². The summed E-state index contributed by atoms with van der Waals surface area (Å²) in [4.78, 5) is 5.90. The summed E-state index contributed by atoms with van der Waals surface area (Å²) in [7, 11) is 0. The normalized spacial score (nSPS) is 12.1. The second-order valence-electron chi connectivity index (χ2n) is 20.9. The van der Waals surface area contributed by atoms with Gasteiger partial charge in [0.25, 0.3) is 0 Å². The molecule has 16 rings (SSSR count). The van der Waals surface area contributed by atoms with Crippen LogP contribution in [0.5, 0.6) is 0 Å². The number of fused-ring (bicyclic) bond motifs is 15. The Bertz CT molecular complexity index is 5030. The van der Waals surface area contributed by atoms with Crippen molar-refractivity contribution in [2.45, 2.75) is 27.7 Å². The van der Waals surface area contributed by atoms with Gasteiger partial charge < -0.3 is 18.3 Å². The smallest absolute Gasteiger partial charge is 0.124 e. The van der Waals surface area contributed by atoms with Crippen LogP contribution < -0.4 is 0 Å². The minimum atomic E-state index is 0.552. The number of rotatable bonds is 5. The van der Waals surface area contributed by atoms with Crippen LogP contribution in [-0.2, 0) is 0 Å². The summed E-state index contributed by atoms with van der Waals surface area (Å²) in [5.74, 6) is 0. The molecule has 0 bridgehead atoms. The summed E-state index contributed by atoms with van der Waals surface area (Å²) < 4.78 is 11.0. The van der Waals surface area contributed by atoms with Crippen molar-refractivity contribution in [3.05, 3.63) is 234 Å². The molecule has 0 amide bonds. The van der Waals surface area contributed by atoms with Crippen LogP contribution in [0, 0.1) is 39.0 Å². The fourth-order valence-corrected chi connectivity index (χ4v) is 14.1. The van der Waals surface area contributed by atoms with E-state index >= 15 is 0 Å². The molecule has 6 nitrogen and oxygen atoms in total. The molecule has 77 heavy (non-hydrogen) atoms. The van der Waals surface area contributed by atoms with Gasteiger partial charge in [0, 0.05) is 70.3 Å². The van der Waals surface area contributed by atoms with Crippen LogP contribution in [0.1, 0.15) is 27.8 Å². The van der Waals surface area contributed by atoms with Gasteiger partial charge in [0.05, 0.1) is 66.9 Å². The van der Waals surface area contributed by atoms with E-state index in [4.69, 9.17) is 4.98 Å². The fraction of sp³-hybridized carbons (Fsp3) is 0.0571. The zero-order valence-corrected chi connectivity index (χ0v) is 43.5. The lowest BCUT2D eigenvalue weighted by molar-refractivity contribution is 1.03. The van der Waals surface area contributed by atoms with Crippen molar-refractivity contribution in [1.82, 2.24) is 23.3 Å². The maximum absolute atomic E-state index is 13.0. The Labute approximate surface area is 446 Å². The Hall–Kier alpha value is -9.74. The van der Waals surface area contributed by atoms with Crippen molar-refractivity contribution >= 4 is 119 Å². The summed E-state index contributed by atoms with van der Waals surface area (Å²) in [6.45, 7) is 8.71. The number of nitriles is 1. The number of aromatic nitrogens is 5. The first-order valence-electron chi connectivity index (χ1n) is 26.3. The summed E-state index contributed by atoms with van der Waals surface area (Å²) in [5, 5.41) is 24.3. The Morgan fingerprint density at radius 3 is 1.10 bits per heavy atom. The van der Waals surface area contributed by atoms with E-state index in [1.807, 2.05) is 12.3 Å². The molecule has 16 aromatic rings. The lowest BCUT2D eigenvalue weighted by Gasteiger charge is -2.29. The molecular weight excluding hydrogens is 957 g/mol. The zero-order chi connectivity index (χ0) is 51.4. The standard InChI is InChI=1S/C70H46N6S/c1-40-23-28-49-45-14-5-9-19-56(45)73(60(49)34-40)66-55(39-71)67(74-57-20-10-6-15-46(57)50-29-24-41(2)35-61(50)74)69(76-59-22-12-8-17-48(59)52-31-26-43(4)37-63(52)76)65(44-27-32-53-54-18-13-33-72-70(54)77-64(53)38-44)68(66)75-58-21-11-7-16-47(58)51-30-25-42(3)36-62(51)75/h5-38H,1-4H3. The van der Waals surface area contributed by atoms with Crippen molar-refractivity contribution in [2.24, 2.45) is 0 Å². The van der Waals surface area contributed by atoms with Crippen LogP contribution in [-0.4, -0.2) is 23.3 Å². The second-order valence-corrected chi connectivity index (χ2v) is 21.9. The molecule has 0 saturated carbocycles. The molecular formula is C70H46N6S. The molecule has 7 heteroatoms. The highest BCUT2D eigenvalue weighted by Crippen LogP contribution is 2.53. The minimum absolute atomic E-state index is 0.552. The highest BCUT2D eigenvalue weighted by Gasteiger charge is 2.35. The van der Waals surface area contributed by atoms with E-state index in [1.165, 1.54) is 0 Å². The van der Waals surface area contributed by atoms with Gasteiger partial charge in [-0.2, -0.15) is 5.26 Å². The minimum Gasteiger partial charge on any atom is -0.306 e. The molecule has 0 fully saturated rings. The first kappa shape index (κ1) is 43.6. The van der Waals surface area contributed by atoms with Gasteiger partial charge in [-0.05, 0) is 122 Å². The third-order valence-corrected chi connectivity index (χ3v) is 17.3. The molecule has 0 aliphatic rings. The average Bonchev–Trinajstić information content (AvgIpc) is 4.46. The van der Waals surface area contributed by atoms with Gasteiger partial charge in [0.2, 0.25) is 0 Å². The Kier molecular flexibility index (Phi) is 9.14. The maximum Gasteiger partial charge on any atom is 0.124 e. The predicted molar refractivity (Wildman–Crippen MR) is 324 cm³/mol. The zero-order valence-electron chi connectivity index (χ0n) is 42.7. The van der Waals surface area contributed by atoms with Crippen molar-refractivity contribution < 1.29 is 0 Å². The quantitative estimate of drug-likeness (QED) is 0.172. The van der Waals surface area contributed by atoms with E-state index < -0.39 is 0 Å². The second kappa shape index (κ2) is 16.1. The molecule has 0 aliphatic carbocycles. The van der Waals surface area contributed by atoms with E-state index in [1.54, 1.807) is 11.3 Å². The lowest BCUT2D eigenvalue weighted by atomic mass is 9.93. The highest BCUT2D eigenvalue weighted by molar-refractivity contribution is 7.25. The number of hydrogen-bond donors (Lipinski definition) is 0. The molecule has 0 atom stereocenters. The molecule has 0 aliphatic heterocycles. The number of hydrogen-bond acceptors (Lipinski definition) is 3. The van der Waals surface area contributed by atoms with Gasteiger partial charge in [0.1, 0.15) is 16.5 Å². The Morgan fingerprint density at radius 2 is 0.701 bits per heavy atom. The molecule has 6 heterocycles. The van der Waals surface area contributed by atoms with E-state index in [0.29, 0.717) is 5.56 Å². The maximum atomic E-state index is 13.0.